The van der Waals surface area contributed by atoms with Crippen molar-refractivity contribution < 1.29 is 9.59 Å². The summed E-state index contributed by atoms with van der Waals surface area (Å²) >= 11 is 0. The fourth-order valence-electron chi connectivity index (χ4n) is 4.10. The molecule has 1 aromatic carbocycles. The summed E-state index contributed by atoms with van der Waals surface area (Å²) in [6.07, 6.45) is 6.02. The number of carbonyl (C=O) groups excluding carboxylic acids is 2. The lowest BCUT2D eigenvalue weighted by atomic mass is 9.92. The minimum atomic E-state index is -0.245. The lowest BCUT2D eigenvalue weighted by molar-refractivity contribution is -0.139. The molecule has 0 unspecified atom stereocenters. The Kier molecular flexibility index (Phi) is 3.86. The normalized spacial score (nSPS) is 24.7. The summed E-state index contributed by atoms with van der Waals surface area (Å²) < 4.78 is 0. The Morgan fingerprint density at radius 1 is 1.21 bits per heavy atom. The van der Waals surface area contributed by atoms with Crippen molar-refractivity contribution in [2.75, 3.05) is 13.1 Å². The molecule has 0 spiro atoms. The van der Waals surface area contributed by atoms with Crippen LogP contribution in [0, 0.1) is 12.8 Å². The lowest BCUT2D eigenvalue weighted by Crippen LogP contribution is -2.48. The molecule has 1 N–H and O–H groups in total. The van der Waals surface area contributed by atoms with E-state index in [0.29, 0.717) is 6.54 Å². The Balaban J connectivity index is 1.40. The Hall–Kier alpha value is -1.84. The van der Waals surface area contributed by atoms with Gasteiger partial charge in [-0.2, -0.15) is 0 Å². The van der Waals surface area contributed by atoms with Gasteiger partial charge in [-0.15, -0.1) is 0 Å². The highest BCUT2D eigenvalue weighted by molar-refractivity contribution is 5.90. The molecule has 1 aliphatic heterocycles. The zero-order chi connectivity index (χ0) is 16.7. The van der Waals surface area contributed by atoms with E-state index in [9.17, 15) is 9.59 Å². The molecule has 24 heavy (non-hydrogen) atoms. The minimum Gasteiger partial charge on any atom is -0.353 e. The van der Waals surface area contributed by atoms with E-state index >= 15 is 0 Å². The van der Waals surface area contributed by atoms with Gasteiger partial charge in [0.05, 0.1) is 0 Å². The highest BCUT2D eigenvalue weighted by Crippen LogP contribution is 2.48. The van der Waals surface area contributed by atoms with Gasteiger partial charge < -0.3 is 10.2 Å². The van der Waals surface area contributed by atoms with Crippen LogP contribution in [0.4, 0.5) is 0 Å². The molecular formula is C20H26N2O2. The number of nitrogens with one attached hydrogen (secondary N) is 1. The van der Waals surface area contributed by atoms with E-state index in [1.807, 2.05) is 4.90 Å². The third-order valence-electron chi connectivity index (χ3n) is 5.94. The molecule has 1 aromatic rings. The van der Waals surface area contributed by atoms with Gasteiger partial charge >= 0.3 is 0 Å². The van der Waals surface area contributed by atoms with Crippen molar-refractivity contribution in [2.24, 2.45) is 5.92 Å². The van der Waals surface area contributed by atoms with Crippen molar-refractivity contribution in [3.8, 4) is 0 Å². The molecule has 0 aromatic heterocycles. The van der Waals surface area contributed by atoms with Gasteiger partial charge in [0.2, 0.25) is 11.8 Å². The lowest BCUT2D eigenvalue weighted by Gasteiger charge is -2.25. The van der Waals surface area contributed by atoms with Gasteiger partial charge in [-0.1, -0.05) is 24.3 Å². The molecule has 1 heterocycles. The number of carbonyl (C=O) groups is 2. The van der Waals surface area contributed by atoms with E-state index < -0.39 is 0 Å². The molecule has 3 aliphatic rings. The van der Waals surface area contributed by atoms with Crippen LogP contribution >= 0.6 is 0 Å². The monoisotopic (exact) mass is 326 g/mol. The summed E-state index contributed by atoms with van der Waals surface area (Å²) in [7, 11) is 0. The summed E-state index contributed by atoms with van der Waals surface area (Å²) in [5, 5.41) is 3.16. The van der Waals surface area contributed by atoms with Crippen LogP contribution in [0.25, 0.3) is 0 Å². The van der Waals surface area contributed by atoms with Gasteiger partial charge in [0, 0.05) is 24.4 Å². The largest absolute Gasteiger partial charge is 0.353 e. The molecular weight excluding hydrogens is 300 g/mol. The van der Waals surface area contributed by atoms with Crippen molar-refractivity contribution in [3.05, 3.63) is 35.4 Å². The zero-order valence-corrected chi connectivity index (χ0v) is 14.4. The van der Waals surface area contributed by atoms with Gasteiger partial charge in [0.15, 0.2) is 0 Å². The highest BCUT2D eigenvalue weighted by Gasteiger charge is 2.46. The molecule has 128 valence electrons. The Morgan fingerprint density at radius 3 is 2.62 bits per heavy atom. The van der Waals surface area contributed by atoms with E-state index in [-0.39, 0.29) is 29.2 Å². The van der Waals surface area contributed by atoms with Crippen molar-refractivity contribution in [1.29, 1.82) is 0 Å². The topological polar surface area (TPSA) is 49.4 Å². The molecule has 4 rings (SSSR count). The molecule has 0 bridgehead atoms. The van der Waals surface area contributed by atoms with Crippen molar-refractivity contribution in [3.63, 3.8) is 0 Å². The van der Waals surface area contributed by atoms with E-state index in [4.69, 9.17) is 0 Å². The van der Waals surface area contributed by atoms with Crippen molar-refractivity contribution in [1.82, 2.24) is 10.2 Å². The smallest absolute Gasteiger partial charge is 0.242 e. The van der Waals surface area contributed by atoms with E-state index in [1.54, 1.807) is 0 Å². The third-order valence-corrected chi connectivity index (χ3v) is 5.94. The van der Waals surface area contributed by atoms with Crippen LogP contribution in [0.5, 0.6) is 0 Å². The number of nitrogens with zero attached hydrogens (tertiary/aromatic N) is 1. The maximum absolute atomic E-state index is 12.7. The summed E-state index contributed by atoms with van der Waals surface area (Å²) in [5.41, 5.74) is 2.78. The number of hydrogen-bond donors (Lipinski definition) is 1. The van der Waals surface area contributed by atoms with Gasteiger partial charge in [-0.05, 0) is 56.6 Å². The Morgan fingerprint density at radius 2 is 1.96 bits per heavy atom. The fraction of sp³-hybridized carbons (Fsp3) is 0.600. The molecule has 4 nitrogen and oxygen atoms in total. The van der Waals surface area contributed by atoms with Crippen LogP contribution in [0.1, 0.15) is 49.7 Å². The number of amides is 2. The Bertz CT molecular complexity index is 661. The third kappa shape index (κ3) is 2.83. The van der Waals surface area contributed by atoms with E-state index in [2.05, 4.69) is 36.5 Å². The van der Waals surface area contributed by atoms with Crippen LogP contribution in [0.2, 0.25) is 0 Å². The van der Waals surface area contributed by atoms with E-state index in [1.165, 1.54) is 11.1 Å². The molecule has 2 saturated carbocycles. The predicted octanol–water partition coefficient (Wildman–Crippen LogP) is 2.54. The van der Waals surface area contributed by atoms with Gasteiger partial charge in [0.1, 0.15) is 6.04 Å². The maximum Gasteiger partial charge on any atom is 0.242 e. The number of rotatable bonds is 5. The average molecular weight is 326 g/mol. The Labute approximate surface area is 143 Å². The summed E-state index contributed by atoms with van der Waals surface area (Å²) in [6.45, 7) is 3.58. The quantitative estimate of drug-likeness (QED) is 0.904. The predicted molar refractivity (Wildman–Crippen MR) is 92.6 cm³/mol. The molecule has 2 amide bonds. The van der Waals surface area contributed by atoms with Crippen LogP contribution in [-0.2, 0) is 15.0 Å². The maximum atomic E-state index is 12.7. The van der Waals surface area contributed by atoms with Crippen molar-refractivity contribution >= 4 is 11.8 Å². The molecule has 0 radical (unpaired) electrons. The second-order valence-electron chi connectivity index (χ2n) is 7.78. The molecule has 1 saturated heterocycles. The van der Waals surface area contributed by atoms with Crippen LogP contribution < -0.4 is 5.32 Å². The first kappa shape index (κ1) is 15.7. The van der Waals surface area contributed by atoms with Crippen molar-refractivity contribution in [2.45, 2.75) is 56.9 Å². The van der Waals surface area contributed by atoms with Gasteiger partial charge in [-0.25, -0.2) is 0 Å². The first-order valence-corrected chi connectivity index (χ1v) is 9.25. The standard InChI is InChI=1S/C20H26N2O2/c1-14-5-2-3-6-16(14)20(10-11-20)13-21-18(23)17-7-4-12-22(17)19(24)15-8-9-15/h2-3,5-6,15,17H,4,7-13H2,1H3,(H,21,23)/t17-/m1/s1. The molecule has 4 heteroatoms. The van der Waals surface area contributed by atoms with E-state index in [0.717, 1.165) is 45.1 Å². The summed E-state index contributed by atoms with van der Waals surface area (Å²) in [5.74, 6) is 0.439. The molecule has 2 aliphatic carbocycles. The zero-order valence-electron chi connectivity index (χ0n) is 14.4. The second-order valence-corrected chi connectivity index (χ2v) is 7.78. The minimum absolute atomic E-state index is 0.0429. The second kappa shape index (κ2) is 5.91. The van der Waals surface area contributed by atoms with Crippen LogP contribution in [0.15, 0.2) is 24.3 Å². The number of benzene rings is 1. The van der Waals surface area contributed by atoms with Crippen LogP contribution in [-0.4, -0.2) is 35.8 Å². The summed E-state index contributed by atoms with van der Waals surface area (Å²) in [6, 6.07) is 8.23. The fourth-order valence-corrected chi connectivity index (χ4v) is 4.10. The SMILES string of the molecule is Cc1ccccc1C1(CNC(=O)[C@H]2CCCN2C(=O)C2CC2)CC1. The van der Waals surface area contributed by atoms with Gasteiger partial charge in [-0.3, -0.25) is 9.59 Å². The van der Waals surface area contributed by atoms with Crippen LogP contribution in [0.3, 0.4) is 0 Å². The number of aryl methyl sites for hydroxylation is 1. The molecule has 3 fully saturated rings. The average Bonchev–Trinajstić information content (AvgIpc) is 3.51. The molecule has 1 atom stereocenters. The summed E-state index contributed by atoms with van der Waals surface area (Å²) in [4.78, 5) is 26.9. The number of likely N-dealkylation sites (tertiary alicyclic amines) is 1. The highest BCUT2D eigenvalue weighted by atomic mass is 16.2. The van der Waals surface area contributed by atoms with Gasteiger partial charge in [0.25, 0.3) is 0 Å². The first-order valence-electron chi connectivity index (χ1n) is 9.25. The first-order chi connectivity index (χ1) is 11.6. The number of hydrogen-bond acceptors (Lipinski definition) is 2.